The Morgan fingerprint density at radius 3 is 2.94 bits per heavy atom. The van der Waals surface area contributed by atoms with Crippen LogP contribution in [-0.4, -0.2) is 42.4 Å². The predicted octanol–water partition coefficient (Wildman–Crippen LogP) is 0.612. The van der Waals surface area contributed by atoms with Crippen LogP contribution in [0, 0.1) is 0 Å². The Morgan fingerprint density at radius 2 is 2.29 bits per heavy atom. The first-order valence-electron chi connectivity index (χ1n) is 5.17. The van der Waals surface area contributed by atoms with Gasteiger partial charge in [-0.15, -0.1) is 4.47 Å². The van der Waals surface area contributed by atoms with Crippen LogP contribution in [0.25, 0.3) is 0 Å². The molecule has 0 radical (unpaired) electrons. The topological polar surface area (TPSA) is 113 Å². The molecule has 2 heterocycles. The summed E-state index contributed by atoms with van der Waals surface area (Å²) in [5.74, 6) is -0.289. The maximum absolute atomic E-state index is 11.0. The fraction of sp³-hybridized carbons (Fsp3) is 0.444. The Bertz CT molecular complexity index is 444. The Labute approximate surface area is 99.9 Å². The zero-order valence-electron chi connectivity index (χ0n) is 9.11. The fourth-order valence-corrected chi connectivity index (χ4v) is 3.72. The smallest absolute Gasteiger partial charge is 0.267 e. The highest BCUT2D eigenvalue weighted by atomic mass is 32.3. The molecule has 1 saturated heterocycles. The van der Waals surface area contributed by atoms with Crippen LogP contribution in [0.5, 0.6) is 0 Å². The minimum absolute atomic E-state index is 0.0369. The number of amides is 1. The van der Waals surface area contributed by atoms with Gasteiger partial charge >= 0.3 is 0 Å². The first kappa shape index (κ1) is 12.2. The number of carbonyl (C=O) groups is 1. The average Bonchev–Trinajstić information content (AvgIpc) is 2.33. The first-order valence-corrected chi connectivity index (χ1v) is 6.88. The summed E-state index contributed by atoms with van der Waals surface area (Å²) in [7, 11) is -2.59. The fourth-order valence-electron chi connectivity index (χ4n) is 1.63. The second-order valence-electron chi connectivity index (χ2n) is 3.74. The van der Waals surface area contributed by atoms with Crippen LogP contribution in [0.2, 0.25) is 0 Å². The minimum atomic E-state index is -2.59. The second-order valence-corrected chi connectivity index (χ2v) is 6.27. The third-order valence-corrected chi connectivity index (χ3v) is 5.07. The lowest BCUT2D eigenvalue weighted by molar-refractivity contribution is -0.00469. The van der Waals surface area contributed by atoms with Gasteiger partial charge in [0, 0.05) is 29.0 Å². The first-order chi connectivity index (χ1) is 8.04. The molecule has 0 aliphatic carbocycles. The summed E-state index contributed by atoms with van der Waals surface area (Å²) in [6, 6.07) is 1.37. The summed E-state index contributed by atoms with van der Waals surface area (Å²) < 4.78 is 11.3. The van der Waals surface area contributed by atoms with E-state index in [4.69, 9.17) is 5.73 Å². The molecular weight excluding hydrogens is 244 g/mol. The molecule has 1 unspecified atom stereocenters. The van der Waals surface area contributed by atoms with E-state index in [1.54, 1.807) is 0 Å². The highest BCUT2D eigenvalue weighted by molar-refractivity contribution is 8.26. The molecule has 94 valence electrons. The number of rotatable bonds is 2. The molecule has 0 saturated carbocycles. The zero-order chi connectivity index (χ0) is 12.5. The van der Waals surface area contributed by atoms with Crippen LogP contribution in [0.3, 0.4) is 0 Å². The van der Waals surface area contributed by atoms with Gasteiger partial charge in [0.15, 0.2) is 0 Å². The lowest BCUT2D eigenvalue weighted by Crippen LogP contribution is -2.33. The standard InChI is InChI=1S/C9H14N4O3S/c10-8(14)7-3-4-11-9(12-7)17(16)6-2-1-5-13(17)15/h3-4,15-16H,1-2,5-6H2,(H2,10,14). The maximum Gasteiger partial charge on any atom is 0.267 e. The van der Waals surface area contributed by atoms with Crippen molar-refractivity contribution in [3.63, 3.8) is 0 Å². The van der Waals surface area contributed by atoms with Gasteiger partial charge in [0.25, 0.3) is 5.91 Å². The highest BCUT2D eigenvalue weighted by Gasteiger charge is 2.36. The number of carbonyl (C=O) groups excluding carboxylic acids is 1. The van der Waals surface area contributed by atoms with Gasteiger partial charge < -0.3 is 15.5 Å². The van der Waals surface area contributed by atoms with Crippen molar-refractivity contribution >= 4 is 16.4 Å². The molecule has 8 heteroatoms. The molecule has 7 nitrogen and oxygen atoms in total. The van der Waals surface area contributed by atoms with Crippen LogP contribution in [0.15, 0.2) is 17.4 Å². The number of nitrogens with two attached hydrogens (primary N) is 1. The molecule has 1 atom stereocenters. The molecule has 1 amide bonds. The van der Waals surface area contributed by atoms with Crippen molar-refractivity contribution in [1.82, 2.24) is 14.4 Å². The van der Waals surface area contributed by atoms with E-state index >= 15 is 0 Å². The number of hydroxylamine groups is 1. The van der Waals surface area contributed by atoms with Crippen LogP contribution in [-0.2, 0) is 0 Å². The van der Waals surface area contributed by atoms with Crippen molar-refractivity contribution in [3.8, 4) is 0 Å². The molecule has 1 fully saturated rings. The van der Waals surface area contributed by atoms with Gasteiger partial charge in [0.1, 0.15) is 5.69 Å². The Kier molecular flexibility index (Phi) is 3.29. The predicted molar refractivity (Wildman–Crippen MR) is 61.6 cm³/mol. The third kappa shape index (κ3) is 2.25. The molecule has 4 N–H and O–H groups in total. The zero-order valence-corrected chi connectivity index (χ0v) is 9.93. The molecule has 0 aromatic carbocycles. The monoisotopic (exact) mass is 258 g/mol. The molecular formula is C9H14N4O3S. The molecule has 0 bridgehead atoms. The second kappa shape index (κ2) is 4.57. The quantitative estimate of drug-likeness (QED) is 0.670. The van der Waals surface area contributed by atoms with Crippen molar-refractivity contribution in [1.29, 1.82) is 0 Å². The highest BCUT2D eigenvalue weighted by Crippen LogP contribution is 2.54. The summed E-state index contributed by atoms with van der Waals surface area (Å²) in [5, 5.41) is 9.81. The van der Waals surface area contributed by atoms with Crippen LogP contribution < -0.4 is 5.73 Å². The minimum Gasteiger partial charge on any atom is -0.364 e. The van der Waals surface area contributed by atoms with E-state index in [1.807, 2.05) is 0 Å². The Morgan fingerprint density at radius 1 is 1.53 bits per heavy atom. The lowest BCUT2D eigenvalue weighted by Gasteiger charge is -2.41. The molecule has 0 spiro atoms. The lowest BCUT2D eigenvalue weighted by atomic mass is 10.3. The molecule has 1 aliphatic heterocycles. The SMILES string of the molecule is NC(=O)c1ccnc(S2(O)CCCCN2O)n1. The number of hydrogen-bond donors (Lipinski definition) is 3. The molecule has 2 rings (SSSR count). The van der Waals surface area contributed by atoms with E-state index < -0.39 is 16.4 Å². The summed E-state index contributed by atoms with van der Waals surface area (Å²) in [4.78, 5) is 18.9. The maximum atomic E-state index is 11.0. The van der Waals surface area contributed by atoms with E-state index in [2.05, 4.69) is 9.97 Å². The van der Waals surface area contributed by atoms with E-state index in [0.717, 1.165) is 17.3 Å². The van der Waals surface area contributed by atoms with Crippen molar-refractivity contribution in [2.75, 3.05) is 12.3 Å². The summed E-state index contributed by atoms with van der Waals surface area (Å²) in [5.41, 5.74) is 5.15. The van der Waals surface area contributed by atoms with Crippen LogP contribution in [0.4, 0.5) is 0 Å². The van der Waals surface area contributed by atoms with Crippen molar-refractivity contribution < 1.29 is 14.6 Å². The van der Waals surface area contributed by atoms with Gasteiger partial charge in [-0.2, -0.15) is 0 Å². The van der Waals surface area contributed by atoms with E-state index in [9.17, 15) is 14.6 Å². The molecule has 1 aromatic rings. The van der Waals surface area contributed by atoms with Crippen molar-refractivity contribution in [2.24, 2.45) is 5.73 Å². The Hall–Kier alpha value is -1.22. The van der Waals surface area contributed by atoms with Gasteiger partial charge in [0.05, 0.1) is 0 Å². The van der Waals surface area contributed by atoms with E-state index in [1.165, 1.54) is 12.3 Å². The van der Waals surface area contributed by atoms with Crippen molar-refractivity contribution in [3.05, 3.63) is 18.0 Å². The molecule has 1 aliphatic rings. The normalized spacial score (nSPS) is 29.5. The van der Waals surface area contributed by atoms with E-state index in [-0.39, 0.29) is 10.9 Å². The summed E-state index contributed by atoms with van der Waals surface area (Å²) in [6.07, 6.45) is 2.95. The summed E-state index contributed by atoms with van der Waals surface area (Å²) in [6.45, 7) is 0.371. The van der Waals surface area contributed by atoms with Gasteiger partial charge in [0.2, 0.25) is 5.16 Å². The third-order valence-electron chi connectivity index (χ3n) is 2.56. The number of hydrogen-bond acceptors (Lipinski definition) is 6. The van der Waals surface area contributed by atoms with Crippen molar-refractivity contribution in [2.45, 2.75) is 18.0 Å². The van der Waals surface area contributed by atoms with Crippen LogP contribution in [0.1, 0.15) is 23.3 Å². The Balaban J connectivity index is 2.38. The van der Waals surface area contributed by atoms with E-state index in [0.29, 0.717) is 12.3 Å². The van der Waals surface area contributed by atoms with Gasteiger partial charge in [-0.1, -0.05) is 0 Å². The average molecular weight is 258 g/mol. The largest absolute Gasteiger partial charge is 0.364 e. The van der Waals surface area contributed by atoms with Gasteiger partial charge in [-0.05, 0) is 18.9 Å². The number of nitrogens with zero attached hydrogens (tertiary/aromatic N) is 3. The molecule has 17 heavy (non-hydrogen) atoms. The summed E-state index contributed by atoms with van der Waals surface area (Å²) >= 11 is 0. The van der Waals surface area contributed by atoms with Gasteiger partial charge in [-0.25, -0.2) is 9.97 Å². The van der Waals surface area contributed by atoms with Gasteiger partial charge in [-0.3, -0.25) is 4.79 Å². The van der Waals surface area contributed by atoms with Crippen LogP contribution >= 0.6 is 10.5 Å². The number of primary amides is 1. The molecule has 1 aromatic heterocycles. The number of aromatic nitrogens is 2.